The van der Waals surface area contributed by atoms with Gasteiger partial charge in [-0.15, -0.1) is 0 Å². The van der Waals surface area contributed by atoms with Crippen LogP contribution in [0.2, 0.25) is 0 Å². The van der Waals surface area contributed by atoms with Gasteiger partial charge in [0.2, 0.25) is 0 Å². The number of hydrogen-bond donors (Lipinski definition) is 1. The molecule has 0 spiro atoms. The molecule has 2 nitrogen and oxygen atoms in total. The Balaban J connectivity index is 2.45. The fourth-order valence-electron chi connectivity index (χ4n) is 2.41. The number of aliphatic carboxylic acids is 1. The summed E-state index contributed by atoms with van der Waals surface area (Å²) < 4.78 is 0. The summed E-state index contributed by atoms with van der Waals surface area (Å²) in [7, 11) is 0. The molecule has 1 rings (SSSR count). The van der Waals surface area contributed by atoms with Gasteiger partial charge in [-0.3, -0.25) is 0 Å². The highest BCUT2D eigenvalue weighted by Crippen LogP contribution is 2.52. The van der Waals surface area contributed by atoms with Crippen LogP contribution in [-0.4, -0.2) is 11.1 Å². The van der Waals surface area contributed by atoms with Crippen molar-refractivity contribution in [3.63, 3.8) is 0 Å². The van der Waals surface area contributed by atoms with Crippen LogP contribution in [0.15, 0.2) is 11.6 Å². The van der Waals surface area contributed by atoms with Crippen molar-refractivity contribution in [2.45, 2.75) is 52.9 Å². The fraction of sp³-hybridized carbons (Fsp3) is 0.769. The first-order valence-electron chi connectivity index (χ1n) is 5.92. The van der Waals surface area contributed by atoms with Gasteiger partial charge in [-0.05, 0) is 24.2 Å². The van der Waals surface area contributed by atoms with E-state index in [1.54, 1.807) is 0 Å². The number of carboxylic acid groups (broad SMARTS) is 1. The van der Waals surface area contributed by atoms with Crippen LogP contribution in [0.1, 0.15) is 52.9 Å². The summed E-state index contributed by atoms with van der Waals surface area (Å²) in [5.41, 5.74) is 1.23. The zero-order valence-corrected chi connectivity index (χ0v) is 10.0. The normalized spacial score (nSPS) is 26.3. The fourth-order valence-corrected chi connectivity index (χ4v) is 2.41. The van der Waals surface area contributed by atoms with Crippen molar-refractivity contribution in [1.82, 2.24) is 0 Å². The third-order valence-corrected chi connectivity index (χ3v) is 3.77. The van der Waals surface area contributed by atoms with Crippen molar-refractivity contribution in [1.29, 1.82) is 0 Å². The van der Waals surface area contributed by atoms with Crippen molar-refractivity contribution in [3.8, 4) is 0 Å². The van der Waals surface area contributed by atoms with Crippen LogP contribution in [0, 0.1) is 11.3 Å². The molecule has 0 aromatic carbocycles. The minimum Gasteiger partial charge on any atom is -0.478 e. The number of rotatable bonds is 5. The van der Waals surface area contributed by atoms with Crippen LogP contribution in [0.4, 0.5) is 0 Å². The maximum Gasteiger partial charge on any atom is 0.328 e. The Labute approximate surface area is 92.4 Å². The molecule has 15 heavy (non-hydrogen) atoms. The lowest BCUT2D eigenvalue weighted by Crippen LogP contribution is -2.38. The van der Waals surface area contributed by atoms with Crippen LogP contribution in [0.25, 0.3) is 0 Å². The Morgan fingerprint density at radius 3 is 2.67 bits per heavy atom. The Bertz CT molecular complexity index is 264. The molecule has 0 aromatic heterocycles. The van der Waals surface area contributed by atoms with Gasteiger partial charge in [0, 0.05) is 6.08 Å². The third-order valence-electron chi connectivity index (χ3n) is 3.77. The SMILES string of the molecule is CCCCCC1C/C(=C\C(=O)O)C1(C)C. The molecule has 86 valence electrons. The van der Waals surface area contributed by atoms with Crippen LogP contribution < -0.4 is 0 Å². The molecule has 1 unspecified atom stereocenters. The van der Waals surface area contributed by atoms with Crippen molar-refractivity contribution < 1.29 is 9.90 Å². The molecule has 0 amide bonds. The first-order valence-corrected chi connectivity index (χ1v) is 5.92. The van der Waals surface area contributed by atoms with Crippen molar-refractivity contribution >= 4 is 5.97 Å². The van der Waals surface area contributed by atoms with Crippen LogP contribution in [0.3, 0.4) is 0 Å². The van der Waals surface area contributed by atoms with Gasteiger partial charge in [0.05, 0.1) is 0 Å². The lowest BCUT2D eigenvalue weighted by molar-refractivity contribution is -0.131. The van der Waals surface area contributed by atoms with E-state index in [0.717, 1.165) is 12.0 Å². The van der Waals surface area contributed by atoms with Crippen molar-refractivity contribution in [2.24, 2.45) is 11.3 Å². The summed E-state index contributed by atoms with van der Waals surface area (Å²) in [5.74, 6) is -0.111. The van der Waals surface area contributed by atoms with Crippen LogP contribution >= 0.6 is 0 Å². The Kier molecular flexibility index (Phi) is 3.95. The second-order valence-corrected chi connectivity index (χ2v) is 5.13. The monoisotopic (exact) mass is 210 g/mol. The molecule has 1 fully saturated rings. The minimum absolute atomic E-state index is 0.117. The first-order chi connectivity index (χ1) is 6.98. The molecule has 0 radical (unpaired) electrons. The minimum atomic E-state index is -0.801. The molecular formula is C13H22O2. The van der Waals surface area contributed by atoms with Gasteiger partial charge in [0.15, 0.2) is 0 Å². The molecular weight excluding hydrogens is 188 g/mol. The van der Waals surface area contributed by atoms with Crippen molar-refractivity contribution in [2.75, 3.05) is 0 Å². The molecule has 0 bridgehead atoms. The van der Waals surface area contributed by atoms with E-state index in [2.05, 4.69) is 20.8 Å². The summed E-state index contributed by atoms with van der Waals surface area (Å²) >= 11 is 0. The third kappa shape index (κ3) is 2.83. The molecule has 0 aliphatic heterocycles. The molecule has 1 aliphatic rings. The Morgan fingerprint density at radius 2 is 2.20 bits per heavy atom. The smallest absolute Gasteiger partial charge is 0.328 e. The Hall–Kier alpha value is -0.790. The van der Waals surface area contributed by atoms with Gasteiger partial charge >= 0.3 is 5.97 Å². The van der Waals surface area contributed by atoms with E-state index in [1.165, 1.54) is 31.8 Å². The first kappa shape index (κ1) is 12.3. The molecule has 1 aliphatic carbocycles. The molecule has 1 saturated carbocycles. The van der Waals surface area contributed by atoms with E-state index in [9.17, 15) is 4.79 Å². The number of carbonyl (C=O) groups is 1. The number of carboxylic acids is 1. The zero-order chi connectivity index (χ0) is 11.5. The molecule has 0 saturated heterocycles. The highest BCUT2D eigenvalue weighted by molar-refractivity contribution is 5.81. The van der Waals surface area contributed by atoms with Gasteiger partial charge in [-0.25, -0.2) is 4.79 Å². The van der Waals surface area contributed by atoms with E-state index in [4.69, 9.17) is 5.11 Å². The summed E-state index contributed by atoms with van der Waals surface area (Å²) in [6, 6.07) is 0. The number of allylic oxidation sites excluding steroid dienone is 1. The summed E-state index contributed by atoms with van der Waals surface area (Å²) in [4.78, 5) is 10.6. The van der Waals surface area contributed by atoms with E-state index in [1.807, 2.05) is 0 Å². The van der Waals surface area contributed by atoms with E-state index >= 15 is 0 Å². The summed E-state index contributed by atoms with van der Waals surface area (Å²) in [6.07, 6.45) is 7.47. The van der Waals surface area contributed by atoms with E-state index in [0.29, 0.717) is 5.92 Å². The van der Waals surface area contributed by atoms with E-state index < -0.39 is 5.97 Å². The zero-order valence-electron chi connectivity index (χ0n) is 10.0. The van der Waals surface area contributed by atoms with Gasteiger partial charge in [0.1, 0.15) is 0 Å². The predicted molar refractivity (Wildman–Crippen MR) is 61.7 cm³/mol. The Morgan fingerprint density at radius 1 is 1.53 bits per heavy atom. The lowest BCUT2D eigenvalue weighted by Gasteiger charge is -2.47. The topological polar surface area (TPSA) is 37.3 Å². The number of unbranched alkanes of at least 4 members (excludes halogenated alkanes) is 2. The van der Waals surface area contributed by atoms with Gasteiger partial charge in [0.25, 0.3) is 0 Å². The van der Waals surface area contributed by atoms with Crippen molar-refractivity contribution in [3.05, 3.63) is 11.6 Å². The maximum atomic E-state index is 10.6. The molecule has 1 atom stereocenters. The lowest BCUT2D eigenvalue weighted by atomic mass is 9.57. The second kappa shape index (κ2) is 4.82. The standard InChI is InChI=1S/C13H22O2/c1-4-5-6-7-10-8-11(9-12(14)15)13(10,2)3/h9-10H,4-8H2,1-3H3,(H,14,15)/b11-9+. The quantitative estimate of drug-likeness (QED) is 0.556. The molecule has 1 N–H and O–H groups in total. The summed E-state index contributed by atoms with van der Waals surface area (Å²) in [6.45, 7) is 6.55. The molecule has 2 heteroatoms. The highest BCUT2D eigenvalue weighted by Gasteiger charge is 2.42. The second-order valence-electron chi connectivity index (χ2n) is 5.13. The van der Waals surface area contributed by atoms with Gasteiger partial charge in [-0.1, -0.05) is 45.6 Å². The van der Waals surface area contributed by atoms with E-state index in [-0.39, 0.29) is 5.41 Å². The number of hydrogen-bond acceptors (Lipinski definition) is 1. The van der Waals surface area contributed by atoms with Crippen LogP contribution in [0.5, 0.6) is 0 Å². The van der Waals surface area contributed by atoms with Gasteiger partial charge in [-0.2, -0.15) is 0 Å². The largest absolute Gasteiger partial charge is 0.478 e. The summed E-state index contributed by atoms with van der Waals surface area (Å²) in [5, 5.41) is 8.71. The maximum absolute atomic E-state index is 10.6. The predicted octanol–water partition coefficient (Wildman–Crippen LogP) is 3.62. The highest BCUT2D eigenvalue weighted by atomic mass is 16.4. The molecule has 0 heterocycles. The average Bonchev–Trinajstić information content (AvgIpc) is 2.15. The molecule has 0 aromatic rings. The van der Waals surface area contributed by atoms with Crippen LogP contribution in [-0.2, 0) is 4.79 Å². The van der Waals surface area contributed by atoms with Gasteiger partial charge < -0.3 is 5.11 Å². The average molecular weight is 210 g/mol.